The summed E-state index contributed by atoms with van der Waals surface area (Å²) in [5, 5.41) is 10.8. The highest BCUT2D eigenvalue weighted by molar-refractivity contribution is 7.07. The quantitative estimate of drug-likeness (QED) is 0.803. The van der Waals surface area contributed by atoms with Crippen LogP contribution < -0.4 is 4.74 Å². The Labute approximate surface area is 138 Å². The van der Waals surface area contributed by atoms with E-state index in [1.54, 1.807) is 29.8 Å². The van der Waals surface area contributed by atoms with Crippen LogP contribution in [0.25, 0.3) is 0 Å². The van der Waals surface area contributed by atoms with E-state index in [9.17, 15) is 9.59 Å². The maximum absolute atomic E-state index is 12.3. The zero-order valence-electron chi connectivity index (χ0n) is 12.8. The van der Waals surface area contributed by atoms with Gasteiger partial charge >= 0.3 is 5.97 Å². The number of hydrogen-bond acceptors (Lipinski definition) is 5. The molecule has 0 saturated carbocycles. The molecule has 0 spiro atoms. The Morgan fingerprint density at radius 1 is 1.30 bits per heavy atom. The lowest BCUT2D eigenvalue weighted by atomic mass is 10.2. The van der Waals surface area contributed by atoms with Crippen LogP contribution in [0.1, 0.15) is 29.4 Å². The Balaban J connectivity index is 1.99. The minimum absolute atomic E-state index is 0.291. The summed E-state index contributed by atoms with van der Waals surface area (Å²) in [6.45, 7) is 2.39. The van der Waals surface area contributed by atoms with Gasteiger partial charge in [0.05, 0.1) is 11.2 Å². The van der Waals surface area contributed by atoms with E-state index in [1.807, 2.05) is 12.3 Å². The maximum atomic E-state index is 12.3. The molecule has 0 aliphatic heterocycles. The summed E-state index contributed by atoms with van der Waals surface area (Å²) in [7, 11) is 0. The number of thiazole rings is 1. The molecule has 1 amide bonds. The van der Waals surface area contributed by atoms with E-state index in [0.717, 1.165) is 5.69 Å². The van der Waals surface area contributed by atoms with Gasteiger partial charge in [0.25, 0.3) is 5.91 Å². The third-order valence-corrected chi connectivity index (χ3v) is 3.71. The van der Waals surface area contributed by atoms with Gasteiger partial charge in [-0.15, -0.1) is 11.3 Å². The zero-order chi connectivity index (χ0) is 16.7. The van der Waals surface area contributed by atoms with Crippen LogP contribution in [-0.4, -0.2) is 40.0 Å². The van der Waals surface area contributed by atoms with Crippen LogP contribution in [0.15, 0.2) is 35.2 Å². The molecular weight excluding hydrogens is 316 g/mol. The molecule has 1 N–H and O–H groups in total. The van der Waals surface area contributed by atoms with Crippen LogP contribution in [0, 0.1) is 0 Å². The summed E-state index contributed by atoms with van der Waals surface area (Å²) in [4.78, 5) is 28.6. The van der Waals surface area contributed by atoms with E-state index in [2.05, 4.69) is 4.98 Å². The molecule has 0 atom stereocenters. The Hall–Kier alpha value is -2.41. The summed E-state index contributed by atoms with van der Waals surface area (Å²) in [5.41, 5.74) is 3.04. The average molecular weight is 334 g/mol. The summed E-state index contributed by atoms with van der Waals surface area (Å²) in [6.07, 6.45) is 0.702. The first-order valence-corrected chi connectivity index (χ1v) is 8.15. The largest absolute Gasteiger partial charge is 0.487 e. The number of carbonyl (C=O) groups is 2. The zero-order valence-corrected chi connectivity index (χ0v) is 13.6. The van der Waals surface area contributed by atoms with Crippen molar-refractivity contribution in [2.24, 2.45) is 0 Å². The number of aromatic nitrogens is 1. The number of rotatable bonds is 8. The predicted molar refractivity (Wildman–Crippen MR) is 86.7 cm³/mol. The van der Waals surface area contributed by atoms with Gasteiger partial charge in [0.15, 0.2) is 0 Å². The molecule has 0 unspecified atom stereocenters. The molecule has 122 valence electrons. The Morgan fingerprint density at radius 3 is 2.61 bits per heavy atom. The van der Waals surface area contributed by atoms with Crippen molar-refractivity contribution in [2.75, 3.05) is 13.1 Å². The molecule has 1 heterocycles. The number of amides is 1. The van der Waals surface area contributed by atoms with Gasteiger partial charge in [0, 0.05) is 17.5 Å². The Kier molecular flexibility index (Phi) is 6.10. The second-order valence-electron chi connectivity index (χ2n) is 4.91. The van der Waals surface area contributed by atoms with Crippen molar-refractivity contribution >= 4 is 23.2 Å². The van der Waals surface area contributed by atoms with Crippen molar-refractivity contribution in [3.8, 4) is 5.75 Å². The molecule has 2 rings (SSSR count). The number of benzene rings is 1. The van der Waals surface area contributed by atoms with Crippen LogP contribution in [0.5, 0.6) is 5.75 Å². The molecule has 0 aliphatic carbocycles. The number of hydrogen-bond donors (Lipinski definition) is 1. The Morgan fingerprint density at radius 2 is 2.04 bits per heavy atom. The fraction of sp³-hybridized carbons (Fsp3) is 0.312. The summed E-state index contributed by atoms with van der Waals surface area (Å²) in [5.74, 6) is -0.676. The van der Waals surface area contributed by atoms with Crippen molar-refractivity contribution in [3.63, 3.8) is 0 Å². The van der Waals surface area contributed by atoms with Gasteiger partial charge in [-0.2, -0.15) is 0 Å². The van der Waals surface area contributed by atoms with Gasteiger partial charge in [-0.3, -0.25) is 9.59 Å². The highest BCUT2D eigenvalue weighted by Gasteiger charge is 2.17. The summed E-state index contributed by atoms with van der Waals surface area (Å²) >= 11 is 1.50. The molecule has 0 bridgehead atoms. The van der Waals surface area contributed by atoms with Gasteiger partial charge in [0.2, 0.25) is 0 Å². The lowest BCUT2D eigenvalue weighted by Gasteiger charge is -2.20. The van der Waals surface area contributed by atoms with Gasteiger partial charge in [-0.25, -0.2) is 4.98 Å². The number of carboxylic acids is 1. The van der Waals surface area contributed by atoms with E-state index in [0.29, 0.717) is 30.9 Å². The average Bonchev–Trinajstić information content (AvgIpc) is 3.05. The van der Waals surface area contributed by atoms with E-state index < -0.39 is 5.97 Å². The van der Waals surface area contributed by atoms with Crippen molar-refractivity contribution in [3.05, 3.63) is 46.4 Å². The molecule has 0 fully saturated rings. The fourth-order valence-electron chi connectivity index (χ4n) is 2.03. The summed E-state index contributed by atoms with van der Waals surface area (Å²) in [6, 6.07) is 6.68. The number of carbonyl (C=O) groups excluding carboxylic acids is 1. The second-order valence-corrected chi connectivity index (χ2v) is 5.63. The molecular formula is C16H18N2O4S. The van der Waals surface area contributed by atoms with Crippen LogP contribution in [0.2, 0.25) is 0 Å². The van der Waals surface area contributed by atoms with Crippen molar-refractivity contribution in [2.45, 2.75) is 20.0 Å². The maximum Gasteiger partial charge on any atom is 0.323 e. The van der Waals surface area contributed by atoms with E-state index in [1.165, 1.54) is 16.2 Å². The van der Waals surface area contributed by atoms with E-state index in [-0.39, 0.29) is 12.5 Å². The molecule has 0 saturated heterocycles. The van der Waals surface area contributed by atoms with Gasteiger partial charge in [-0.05, 0) is 30.7 Å². The van der Waals surface area contributed by atoms with Gasteiger partial charge in [0.1, 0.15) is 18.9 Å². The minimum Gasteiger partial charge on any atom is -0.487 e. The first-order valence-electron chi connectivity index (χ1n) is 7.21. The molecule has 0 radical (unpaired) electrons. The highest BCUT2D eigenvalue weighted by Crippen LogP contribution is 2.16. The molecule has 0 aliphatic rings. The molecule has 1 aromatic carbocycles. The van der Waals surface area contributed by atoms with Crippen LogP contribution in [0.3, 0.4) is 0 Å². The van der Waals surface area contributed by atoms with Crippen LogP contribution in [-0.2, 0) is 11.4 Å². The topological polar surface area (TPSA) is 79.7 Å². The van der Waals surface area contributed by atoms with Gasteiger partial charge in [-0.1, -0.05) is 6.92 Å². The molecule has 1 aromatic heterocycles. The normalized spacial score (nSPS) is 10.3. The predicted octanol–water partition coefficient (Wildman–Crippen LogP) is 2.66. The SMILES string of the molecule is CCCN(CC(=O)O)C(=O)c1ccc(OCc2cscn2)cc1. The standard InChI is InChI=1S/C16H18N2O4S/c1-2-7-18(8-15(19)20)16(21)12-3-5-14(6-4-12)22-9-13-10-23-11-17-13/h3-6,10-11H,2,7-9H2,1H3,(H,19,20). The summed E-state index contributed by atoms with van der Waals surface area (Å²) < 4.78 is 5.58. The monoisotopic (exact) mass is 334 g/mol. The van der Waals surface area contributed by atoms with E-state index >= 15 is 0 Å². The third-order valence-electron chi connectivity index (χ3n) is 3.08. The van der Waals surface area contributed by atoms with Crippen LogP contribution in [0.4, 0.5) is 0 Å². The molecule has 7 heteroatoms. The first kappa shape index (κ1) is 17.0. The number of carboxylic acid groups (broad SMARTS) is 1. The van der Waals surface area contributed by atoms with Crippen molar-refractivity contribution in [1.29, 1.82) is 0 Å². The van der Waals surface area contributed by atoms with Crippen molar-refractivity contribution < 1.29 is 19.4 Å². The molecule has 2 aromatic rings. The van der Waals surface area contributed by atoms with Gasteiger partial charge < -0.3 is 14.7 Å². The number of ether oxygens (including phenoxy) is 1. The van der Waals surface area contributed by atoms with Crippen LogP contribution >= 0.6 is 11.3 Å². The minimum atomic E-state index is -1.02. The molecule has 6 nitrogen and oxygen atoms in total. The first-order chi connectivity index (χ1) is 11.1. The number of nitrogens with zero attached hydrogens (tertiary/aromatic N) is 2. The Bertz CT molecular complexity index is 641. The highest BCUT2D eigenvalue weighted by atomic mass is 32.1. The third kappa shape index (κ3) is 5.07. The fourth-order valence-corrected chi connectivity index (χ4v) is 2.57. The lowest BCUT2D eigenvalue weighted by Crippen LogP contribution is -2.36. The number of aliphatic carboxylic acids is 1. The van der Waals surface area contributed by atoms with Crippen molar-refractivity contribution in [1.82, 2.24) is 9.88 Å². The lowest BCUT2D eigenvalue weighted by molar-refractivity contribution is -0.137. The molecule has 23 heavy (non-hydrogen) atoms. The second kappa shape index (κ2) is 8.28. The van der Waals surface area contributed by atoms with E-state index in [4.69, 9.17) is 9.84 Å². The smallest absolute Gasteiger partial charge is 0.323 e.